The van der Waals surface area contributed by atoms with Gasteiger partial charge < -0.3 is 25.2 Å². The first-order chi connectivity index (χ1) is 28.1. The Morgan fingerprint density at radius 3 is 1.45 bits per heavy atom. The number of carbonyl (C=O) groups is 3. The average molecular weight is 838 g/mol. The van der Waals surface area contributed by atoms with Gasteiger partial charge in [0, 0.05) is 12.8 Å². The number of carboxylic acid groups (broad SMARTS) is 1. The number of allylic oxidation sites excluding steroid dienone is 10. The molecule has 0 aliphatic carbocycles. The van der Waals surface area contributed by atoms with Crippen molar-refractivity contribution in [3.8, 4) is 0 Å². The van der Waals surface area contributed by atoms with Gasteiger partial charge in [-0.25, -0.2) is 4.57 Å². The first-order valence-electron chi connectivity index (χ1n) is 22.3. The Morgan fingerprint density at radius 2 is 0.966 bits per heavy atom. The number of aliphatic carboxylic acids is 1. The van der Waals surface area contributed by atoms with Crippen LogP contribution in [0.15, 0.2) is 60.8 Å². The van der Waals surface area contributed by atoms with Gasteiger partial charge in [0.2, 0.25) is 0 Å². The highest BCUT2D eigenvalue weighted by Crippen LogP contribution is 2.43. The summed E-state index contributed by atoms with van der Waals surface area (Å²) in [4.78, 5) is 46.0. The van der Waals surface area contributed by atoms with E-state index in [4.69, 9.17) is 24.8 Å². The van der Waals surface area contributed by atoms with Crippen molar-refractivity contribution < 1.29 is 47.5 Å². The second-order valence-corrected chi connectivity index (χ2v) is 16.3. The maximum absolute atomic E-state index is 12.6. The monoisotopic (exact) mass is 838 g/mol. The minimum absolute atomic E-state index is 0.121. The van der Waals surface area contributed by atoms with Gasteiger partial charge >= 0.3 is 25.7 Å². The Kier molecular flexibility index (Phi) is 38.9. The van der Waals surface area contributed by atoms with Crippen molar-refractivity contribution in [1.82, 2.24) is 0 Å². The molecule has 1 unspecified atom stereocenters. The van der Waals surface area contributed by atoms with Gasteiger partial charge in [-0.05, 0) is 57.8 Å². The molecule has 0 heterocycles. The largest absolute Gasteiger partial charge is 0.480 e. The maximum atomic E-state index is 12.6. The van der Waals surface area contributed by atoms with Crippen LogP contribution in [0.5, 0.6) is 0 Å². The molecule has 0 spiro atoms. The van der Waals surface area contributed by atoms with Gasteiger partial charge in [-0.15, -0.1) is 0 Å². The molecule has 0 fully saturated rings. The number of carbonyl (C=O) groups excluding carboxylic acids is 2. The van der Waals surface area contributed by atoms with Gasteiger partial charge in [0.15, 0.2) is 6.10 Å². The summed E-state index contributed by atoms with van der Waals surface area (Å²) in [5.74, 6) is -2.42. The number of carboxylic acids is 1. The van der Waals surface area contributed by atoms with E-state index in [2.05, 4.69) is 79.1 Å². The van der Waals surface area contributed by atoms with Crippen molar-refractivity contribution in [2.24, 2.45) is 5.73 Å². The van der Waals surface area contributed by atoms with Crippen LogP contribution in [0.1, 0.15) is 181 Å². The third-order valence-electron chi connectivity index (χ3n) is 9.28. The van der Waals surface area contributed by atoms with Gasteiger partial charge in [0.05, 0.1) is 13.2 Å². The van der Waals surface area contributed by atoms with E-state index in [1.807, 2.05) is 0 Å². The van der Waals surface area contributed by atoms with Crippen LogP contribution < -0.4 is 5.73 Å². The molecule has 11 nitrogen and oxygen atoms in total. The minimum Gasteiger partial charge on any atom is -0.480 e. The predicted molar refractivity (Wildman–Crippen MR) is 235 cm³/mol. The molecule has 0 rings (SSSR count). The van der Waals surface area contributed by atoms with Gasteiger partial charge in [-0.2, -0.15) is 0 Å². The van der Waals surface area contributed by atoms with Crippen LogP contribution in [0.4, 0.5) is 0 Å². The van der Waals surface area contributed by atoms with E-state index in [0.29, 0.717) is 12.8 Å². The van der Waals surface area contributed by atoms with Crippen molar-refractivity contribution in [1.29, 1.82) is 0 Å². The lowest BCUT2D eigenvalue weighted by atomic mass is 10.0. The molecule has 0 aromatic rings. The third-order valence-corrected chi connectivity index (χ3v) is 10.2. The summed E-state index contributed by atoms with van der Waals surface area (Å²) >= 11 is 0. The van der Waals surface area contributed by atoms with E-state index < -0.39 is 51.1 Å². The Bertz CT molecular complexity index is 1210. The molecule has 0 aromatic carbocycles. The van der Waals surface area contributed by atoms with Crippen molar-refractivity contribution in [3.05, 3.63) is 60.8 Å². The Morgan fingerprint density at radius 1 is 0.552 bits per heavy atom. The van der Waals surface area contributed by atoms with E-state index in [1.54, 1.807) is 0 Å². The van der Waals surface area contributed by atoms with Crippen molar-refractivity contribution >= 4 is 25.7 Å². The standard InChI is InChI=1S/C46H80NO10P/c1-3-5-7-9-11-13-15-17-19-20-21-22-24-26-28-30-32-34-36-38-45(49)57-42(40-55-58(52,53)56-41-43(47)46(50)51)39-54-44(48)37-35-33-31-29-27-25-23-18-16-14-12-10-8-6-4-2/h5,7,11,13,17,19,21-22,26,28,42-43H,3-4,6,8-10,12,14-16,18,20,23-25,27,29-41,47H2,1-2H3,(H,50,51)(H,52,53)/b7-5+,13-11+,19-17+,22-21+,28-26+/t42-,43+/m1/s1. The number of ether oxygens (including phenoxy) is 2. The fourth-order valence-electron chi connectivity index (χ4n) is 5.80. The van der Waals surface area contributed by atoms with Crippen LogP contribution in [-0.4, -0.2) is 59.9 Å². The molecule has 58 heavy (non-hydrogen) atoms. The second-order valence-electron chi connectivity index (χ2n) is 14.8. The highest BCUT2D eigenvalue weighted by Gasteiger charge is 2.28. The highest BCUT2D eigenvalue weighted by atomic mass is 31.2. The van der Waals surface area contributed by atoms with E-state index in [-0.39, 0.29) is 19.4 Å². The minimum atomic E-state index is -4.73. The Labute approximate surface area is 351 Å². The molecule has 0 radical (unpaired) electrons. The summed E-state index contributed by atoms with van der Waals surface area (Å²) in [6.07, 6.45) is 47.1. The lowest BCUT2D eigenvalue weighted by Gasteiger charge is -2.20. The molecule has 3 atom stereocenters. The Balaban J connectivity index is 4.42. The second kappa shape index (κ2) is 40.9. The van der Waals surface area contributed by atoms with Gasteiger partial charge in [0.1, 0.15) is 12.6 Å². The number of nitrogens with two attached hydrogens (primary N) is 1. The van der Waals surface area contributed by atoms with Gasteiger partial charge in [-0.1, -0.05) is 171 Å². The maximum Gasteiger partial charge on any atom is 0.472 e. The molecular weight excluding hydrogens is 757 g/mol. The molecule has 0 bridgehead atoms. The van der Waals surface area contributed by atoms with E-state index >= 15 is 0 Å². The number of hydrogen-bond acceptors (Lipinski definition) is 9. The predicted octanol–water partition coefficient (Wildman–Crippen LogP) is 12.0. The van der Waals surface area contributed by atoms with Crippen LogP contribution in [0, 0.1) is 0 Å². The zero-order valence-corrected chi connectivity index (χ0v) is 37.0. The number of phosphoric acid groups is 1. The van der Waals surface area contributed by atoms with Crippen molar-refractivity contribution in [3.63, 3.8) is 0 Å². The van der Waals surface area contributed by atoms with Crippen LogP contribution in [0.3, 0.4) is 0 Å². The summed E-state index contributed by atoms with van der Waals surface area (Å²) in [5, 5.41) is 8.89. The zero-order chi connectivity index (χ0) is 42.8. The average Bonchev–Trinajstić information content (AvgIpc) is 3.20. The molecule has 4 N–H and O–H groups in total. The molecule has 12 heteroatoms. The summed E-state index contributed by atoms with van der Waals surface area (Å²) in [6.45, 7) is 2.66. The van der Waals surface area contributed by atoms with Crippen molar-refractivity contribution in [2.45, 2.75) is 193 Å². The number of unbranched alkanes of at least 4 members (excludes halogenated alkanes) is 17. The first-order valence-corrected chi connectivity index (χ1v) is 23.8. The molecule has 0 aromatic heterocycles. The van der Waals surface area contributed by atoms with Crippen LogP contribution in [-0.2, 0) is 37.5 Å². The fourth-order valence-corrected chi connectivity index (χ4v) is 6.58. The van der Waals surface area contributed by atoms with Gasteiger partial charge in [0.25, 0.3) is 0 Å². The molecule has 0 saturated carbocycles. The topological polar surface area (TPSA) is 172 Å². The normalized spacial score (nSPS) is 14.3. The molecule has 0 amide bonds. The Hall–Kier alpha value is -2.82. The van der Waals surface area contributed by atoms with Crippen LogP contribution >= 0.6 is 7.82 Å². The van der Waals surface area contributed by atoms with Gasteiger partial charge in [-0.3, -0.25) is 23.4 Å². The number of hydrogen-bond donors (Lipinski definition) is 3. The smallest absolute Gasteiger partial charge is 0.472 e. The van der Waals surface area contributed by atoms with E-state index in [0.717, 1.165) is 70.6 Å². The van der Waals surface area contributed by atoms with Crippen molar-refractivity contribution in [2.75, 3.05) is 19.8 Å². The summed E-state index contributed by atoms with van der Waals surface area (Å²) in [7, 11) is -4.73. The lowest BCUT2D eigenvalue weighted by Crippen LogP contribution is -2.34. The number of esters is 2. The van der Waals surface area contributed by atoms with E-state index in [9.17, 15) is 23.8 Å². The first kappa shape index (κ1) is 55.2. The molecule has 334 valence electrons. The summed E-state index contributed by atoms with van der Waals surface area (Å²) < 4.78 is 32.7. The molecule has 0 aliphatic heterocycles. The molecule has 0 saturated heterocycles. The lowest BCUT2D eigenvalue weighted by molar-refractivity contribution is -0.161. The SMILES string of the molecule is CC/C=C/C/C=C/C/C=C/C/C=C/C/C=C/CCCCCC(=O)O[C@H](COC(=O)CCCCCCCCCCCCCCCCC)COP(=O)(O)OC[C@H](N)C(=O)O. The van der Waals surface area contributed by atoms with Crippen LogP contribution in [0.2, 0.25) is 0 Å². The quantitative estimate of drug-likeness (QED) is 0.0231. The van der Waals surface area contributed by atoms with Crippen LogP contribution in [0.25, 0.3) is 0 Å². The summed E-state index contributed by atoms with van der Waals surface area (Å²) in [6, 6.07) is -1.53. The number of phosphoric ester groups is 1. The number of rotatable bonds is 41. The molecule has 0 aliphatic rings. The van der Waals surface area contributed by atoms with E-state index in [1.165, 1.54) is 70.6 Å². The highest BCUT2D eigenvalue weighted by molar-refractivity contribution is 7.47. The fraction of sp³-hybridized carbons (Fsp3) is 0.717. The third kappa shape index (κ3) is 40.0. The molecular formula is C46H80NO10P. The zero-order valence-electron chi connectivity index (χ0n) is 36.1. The summed E-state index contributed by atoms with van der Waals surface area (Å²) in [5.41, 5.74) is 5.33.